The molecular weight excluding hydrogens is 340 g/mol. The number of ether oxygens (including phenoxy) is 1. The number of amides is 1. The second-order valence-corrected chi connectivity index (χ2v) is 6.90. The zero-order chi connectivity index (χ0) is 18.7. The minimum atomic E-state index is -0.621. The number of benzene rings is 1. The van der Waals surface area contributed by atoms with Gasteiger partial charge in [-0.25, -0.2) is 0 Å². The summed E-state index contributed by atoms with van der Waals surface area (Å²) in [7, 11) is 0. The van der Waals surface area contributed by atoms with Crippen LogP contribution in [0.5, 0.6) is 5.75 Å². The number of carbonyl (C=O) groups excluding carboxylic acids is 1. The molecular formula is C19H31ClN2O3. The molecule has 0 fully saturated rings. The Kier molecular flexibility index (Phi) is 10.5. The molecule has 0 radical (unpaired) electrons. The zero-order valence-corrected chi connectivity index (χ0v) is 16.2. The molecule has 1 aromatic rings. The van der Waals surface area contributed by atoms with Gasteiger partial charge in [-0.05, 0) is 24.6 Å². The van der Waals surface area contributed by atoms with Crippen LogP contribution in [0.25, 0.3) is 0 Å². The minimum absolute atomic E-state index is 0.133. The summed E-state index contributed by atoms with van der Waals surface area (Å²) in [6.07, 6.45) is 3.85. The highest BCUT2D eigenvalue weighted by Gasteiger charge is 2.11. The first-order valence-corrected chi connectivity index (χ1v) is 9.43. The molecule has 1 amide bonds. The van der Waals surface area contributed by atoms with Gasteiger partial charge < -0.3 is 20.5 Å². The van der Waals surface area contributed by atoms with Gasteiger partial charge in [-0.15, -0.1) is 0 Å². The normalized spacial score (nSPS) is 12.2. The van der Waals surface area contributed by atoms with Crippen LogP contribution < -0.4 is 15.4 Å². The number of rotatable bonds is 12. The number of unbranched alkanes of at least 4 members (excludes halogenated alkanes) is 3. The lowest BCUT2D eigenvalue weighted by molar-refractivity contribution is 0.0952. The molecule has 0 aliphatic carbocycles. The van der Waals surface area contributed by atoms with Gasteiger partial charge in [0.1, 0.15) is 18.5 Å². The molecule has 1 unspecified atom stereocenters. The highest BCUT2D eigenvalue weighted by Crippen LogP contribution is 2.25. The van der Waals surface area contributed by atoms with Crippen LogP contribution in [0.15, 0.2) is 18.2 Å². The highest BCUT2D eigenvalue weighted by molar-refractivity contribution is 6.32. The van der Waals surface area contributed by atoms with Crippen LogP contribution in [-0.2, 0) is 0 Å². The zero-order valence-electron chi connectivity index (χ0n) is 15.5. The molecule has 0 saturated carbocycles. The van der Waals surface area contributed by atoms with E-state index in [0.717, 1.165) is 12.8 Å². The lowest BCUT2D eigenvalue weighted by atomic mass is 10.2. The van der Waals surface area contributed by atoms with E-state index in [1.165, 1.54) is 12.8 Å². The quantitative estimate of drug-likeness (QED) is 0.493. The first kappa shape index (κ1) is 21.7. The van der Waals surface area contributed by atoms with Crippen LogP contribution in [0, 0.1) is 0 Å². The number of carbonyl (C=O) groups is 1. The number of nitrogens with one attached hydrogen (secondary N) is 2. The maximum atomic E-state index is 12.1. The standard InChI is InChI=1S/C19H31ClN2O3/c1-4-5-6-7-10-21-19(24)15-8-9-18(17(20)11-15)25-13-16(23)12-22-14(2)3/h8-9,11,14,16,22-23H,4-7,10,12-13H2,1-3H3,(H,21,24). The van der Waals surface area contributed by atoms with E-state index in [4.69, 9.17) is 16.3 Å². The maximum absolute atomic E-state index is 12.1. The van der Waals surface area contributed by atoms with Crippen molar-refractivity contribution in [2.45, 2.75) is 58.6 Å². The van der Waals surface area contributed by atoms with Gasteiger partial charge in [0, 0.05) is 24.7 Å². The molecule has 0 aliphatic heterocycles. The van der Waals surface area contributed by atoms with Crippen LogP contribution in [0.2, 0.25) is 5.02 Å². The summed E-state index contributed by atoms with van der Waals surface area (Å²) in [6, 6.07) is 5.24. The topological polar surface area (TPSA) is 70.6 Å². The van der Waals surface area contributed by atoms with E-state index in [0.29, 0.717) is 35.5 Å². The smallest absolute Gasteiger partial charge is 0.251 e. The van der Waals surface area contributed by atoms with Crippen molar-refractivity contribution < 1.29 is 14.6 Å². The lowest BCUT2D eigenvalue weighted by Gasteiger charge is -2.16. The molecule has 25 heavy (non-hydrogen) atoms. The van der Waals surface area contributed by atoms with Gasteiger partial charge in [-0.2, -0.15) is 0 Å². The molecule has 0 bridgehead atoms. The second kappa shape index (κ2) is 12.1. The monoisotopic (exact) mass is 370 g/mol. The summed E-state index contributed by atoms with van der Waals surface area (Å²) in [6.45, 7) is 7.44. The van der Waals surface area contributed by atoms with Crippen molar-refractivity contribution in [3.8, 4) is 5.75 Å². The largest absolute Gasteiger partial charge is 0.489 e. The molecule has 1 atom stereocenters. The van der Waals surface area contributed by atoms with Gasteiger partial charge >= 0.3 is 0 Å². The van der Waals surface area contributed by atoms with Crippen LogP contribution >= 0.6 is 11.6 Å². The Morgan fingerprint density at radius 2 is 2.04 bits per heavy atom. The molecule has 3 N–H and O–H groups in total. The summed E-state index contributed by atoms with van der Waals surface area (Å²) in [4.78, 5) is 12.1. The molecule has 0 spiro atoms. The third kappa shape index (κ3) is 9.10. The summed E-state index contributed by atoms with van der Waals surface area (Å²) in [5.74, 6) is 0.330. The van der Waals surface area contributed by atoms with E-state index in [1.807, 2.05) is 13.8 Å². The van der Waals surface area contributed by atoms with Gasteiger partial charge in [0.05, 0.1) is 5.02 Å². The molecule has 142 valence electrons. The Bertz CT molecular complexity index is 523. The fraction of sp³-hybridized carbons (Fsp3) is 0.632. The Balaban J connectivity index is 2.43. The number of aliphatic hydroxyl groups is 1. The minimum Gasteiger partial charge on any atom is -0.489 e. The Morgan fingerprint density at radius 3 is 2.68 bits per heavy atom. The predicted octanol–water partition coefficient (Wildman–Crippen LogP) is 3.39. The van der Waals surface area contributed by atoms with E-state index in [2.05, 4.69) is 17.6 Å². The Morgan fingerprint density at radius 1 is 1.28 bits per heavy atom. The molecule has 0 saturated heterocycles. The van der Waals surface area contributed by atoms with E-state index in [9.17, 15) is 9.90 Å². The van der Waals surface area contributed by atoms with E-state index in [1.54, 1.807) is 18.2 Å². The maximum Gasteiger partial charge on any atom is 0.251 e. The van der Waals surface area contributed by atoms with E-state index < -0.39 is 6.10 Å². The fourth-order valence-corrected chi connectivity index (χ4v) is 2.47. The molecule has 0 aliphatic rings. The van der Waals surface area contributed by atoms with Crippen molar-refractivity contribution in [2.75, 3.05) is 19.7 Å². The van der Waals surface area contributed by atoms with Gasteiger partial charge in [-0.1, -0.05) is 51.6 Å². The highest BCUT2D eigenvalue weighted by atomic mass is 35.5. The SMILES string of the molecule is CCCCCCNC(=O)c1ccc(OCC(O)CNC(C)C)c(Cl)c1. The molecule has 5 nitrogen and oxygen atoms in total. The van der Waals surface area contributed by atoms with Gasteiger partial charge in [0.15, 0.2) is 0 Å². The van der Waals surface area contributed by atoms with Crippen molar-refractivity contribution in [2.24, 2.45) is 0 Å². The van der Waals surface area contributed by atoms with Crippen LogP contribution in [0.3, 0.4) is 0 Å². The summed E-state index contributed by atoms with van der Waals surface area (Å²) < 4.78 is 5.54. The average Bonchev–Trinajstić information content (AvgIpc) is 2.58. The van der Waals surface area contributed by atoms with Crippen molar-refractivity contribution in [3.63, 3.8) is 0 Å². The Labute approximate surface area is 156 Å². The van der Waals surface area contributed by atoms with Crippen LogP contribution in [0.1, 0.15) is 56.8 Å². The molecule has 1 aromatic carbocycles. The molecule has 0 heterocycles. The Hall–Kier alpha value is -1.30. The van der Waals surface area contributed by atoms with Gasteiger partial charge in [0.2, 0.25) is 0 Å². The molecule has 1 rings (SSSR count). The molecule has 0 aromatic heterocycles. The molecule has 6 heteroatoms. The third-order valence-electron chi connectivity index (χ3n) is 3.70. The lowest BCUT2D eigenvalue weighted by Crippen LogP contribution is -2.35. The van der Waals surface area contributed by atoms with E-state index in [-0.39, 0.29) is 12.5 Å². The summed E-state index contributed by atoms with van der Waals surface area (Å²) in [5, 5.41) is 16.3. The van der Waals surface area contributed by atoms with Crippen molar-refractivity contribution in [1.82, 2.24) is 10.6 Å². The second-order valence-electron chi connectivity index (χ2n) is 6.49. The number of hydrogen-bond donors (Lipinski definition) is 3. The van der Waals surface area contributed by atoms with E-state index >= 15 is 0 Å². The number of aliphatic hydroxyl groups excluding tert-OH is 1. The van der Waals surface area contributed by atoms with Crippen molar-refractivity contribution in [3.05, 3.63) is 28.8 Å². The summed E-state index contributed by atoms with van der Waals surface area (Å²) >= 11 is 6.18. The first-order chi connectivity index (χ1) is 11.9. The van der Waals surface area contributed by atoms with Crippen molar-refractivity contribution >= 4 is 17.5 Å². The predicted molar refractivity (Wildman–Crippen MR) is 103 cm³/mol. The summed E-state index contributed by atoms with van der Waals surface area (Å²) in [5.41, 5.74) is 0.509. The number of hydrogen-bond acceptors (Lipinski definition) is 4. The van der Waals surface area contributed by atoms with Gasteiger partial charge in [-0.3, -0.25) is 4.79 Å². The fourth-order valence-electron chi connectivity index (χ4n) is 2.23. The number of halogens is 1. The van der Waals surface area contributed by atoms with Crippen LogP contribution in [-0.4, -0.2) is 42.9 Å². The first-order valence-electron chi connectivity index (χ1n) is 9.06. The third-order valence-corrected chi connectivity index (χ3v) is 4.00. The van der Waals surface area contributed by atoms with Gasteiger partial charge in [0.25, 0.3) is 5.91 Å². The average molecular weight is 371 g/mol. The van der Waals surface area contributed by atoms with Crippen LogP contribution in [0.4, 0.5) is 0 Å². The van der Waals surface area contributed by atoms with Crippen molar-refractivity contribution in [1.29, 1.82) is 0 Å².